The molecule has 7 heteroatoms. The molecule has 1 unspecified atom stereocenters. The Balaban J connectivity index is 1.19. The summed E-state index contributed by atoms with van der Waals surface area (Å²) >= 11 is 0. The molecule has 0 aromatic heterocycles. The van der Waals surface area contributed by atoms with Crippen LogP contribution in [-0.4, -0.2) is 58.6 Å². The van der Waals surface area contributed by atoms with Crippen molar-refractivity contribution in [3.63, 3.8) is 0 Å². The maximum atomic E-state index is 5.94. The lowest BCUT2D eigenvalue weighted by Gasteiger charge is -2.17. The third-order valence-corrected chi connectivity index (χ3v) is 5.87. The number of aryl methyl sites for hydroxylation is 1. The van der Waals surface area contributed by atoms with Gasteiger partial charge in [-0.3, -0.25) is 0 Å². The quantitative estimate of drug-likeness (QED) is 0.436. The zero-order chi connectivity index (χ0) is 24.0. The van der Waals surface area contributed by atoms with E-state index in [-0.39, 0.29) is 0 Å². The standard InChI is InChI=1S/C28H30N2O5/c1-19-3-9-25-23(15-19)30-24(17-33-25)21-6-4-20(5-7-21)22-8-10-26-27(16-22)35-28(34-26)18-32-14-13-31-12-11-29-2/h3-10,15-16,28-29H,11-14,17-18H2,1-2H3. The first-order valence-electron chi connectivity index (χ1n) is 11.9. The Morgan fingerprint density at radius 1 is 0.829 bits per heavy atom. The van der Waals surface area contributed by atoms with Gasteiger partial charge in [-0.2, -0.15) is 0 Å². The Bertz CT molecular complexity index is 1190. The Morgan fingerprint density at radius 3 is 2.43 bits per heavy atom. The first kappa shape index (κ1) is 23.4. The van der Waals surface area contributed by atoms with Crippen LogP contribution in [0.15, 0.2) is 65.7 Å². The van der Waals surface area contributed by atoms with Gasteiger partial charge >= 0.3 is 0 Å². The highest BCUT2D eigenvalue weighted by molar-refractivity contribution is 6.04. The molecule has 3 aromatic rings. The van der Waals surface area contributed by atoms with Gasteiger partial charge in [-0.1, -0.05) is 36.4 Å². The molecule has 5 rings (SSSR count). The van der Waals surface area contributed by atoms with Gasteiger partial charge in [0.2, 0.25) is 0 Å². The van der Waals surface area contributed by atoms with E-state index in [1.807, 2.05) is 43.4 Å². The number of nitrogens with zero attached hydrogens (tertiary/aromatic N) is 1. The van der Waals surface area contributed by atoms with Gasteiger partial charge in [-0.15, -0.1) is 0 Å². The Labute approximate surface area is 205 Å². The van der Waals surface area contributed by atoms with Gasteiger partial charge in [0, 0.05) is 6.54 Å². The molecule has 0 radical (unpaired) electrons. The smallest absolute Gasteiger partial charge is 0.264 e. The van der Waals surface area contributed by atoms with E-state index in [9.17, 15) is 0 Å². The van der Waals surface area contributed by atoms with E-state index in [2.05, 4.69) is 36.5 Å². The maximum absolute atomic E-state index is 5.94. The summed E-state index contributed by atoms with van der Waals surface area (Å²) < 4.78 is 28.8. The summed E-state index contributed by atoms with van der Waals surface area (Å²) in [6, 6.07) is 20.4. The molecule has 0 aliphatic carbocycles. The van der Waals surface area contributed by atoms with E-state index in [1.165, 1.54) is 5.56 Å². The summed E-state index contributed by atoms with van der Waals surface area (Å²) in [4.78, 5) is 4.82. The molecule has 35 heavy (non-hydrogen) atoms. The summed E-state index contributed by atoms with van der Waals surface area (Å²) in [5, 5.41) is 3.04. The van der Waals surface area contributed by atoms with Gasteiger partial charge < -0.3 is 29.0 Å². The van der Waals surface area contributed by atoms with Crippen LogP contribution in [0.25, 0.3) is 11.1 Å². The molecule has 182 valence electrons. The van der Waals surface area contributed by atoms with Crippen molar-refractivity contribution in [1.29, 1.82) is 0 Å². The van der Waals surface area contributed by atoms with Crippen molar-refractivity contribution in [3.8, 4) is 28.4 Å². The Kier molecular flexibility index (Phi) is 7.28. The average molecular weight is 475 g/mol. The molecule has 0 saturated heterocycles. The van der Waals surface area contributed by atoms with E-state index >= 15 is 0 Å². The van der Waals surface area contributed by atoms with Crippen LogP contribution in [0.4, 0.5) is 5.69 Å². The minimum Gasteiger partial charge on any atom is -0.485 e. The SMILES string of the molecule is CNCCOCCOCC1Oc2ccc(-c3ccc(C4=Nc5cc(C)ccc5OC4)cc3)cc2O1. The lowest BCUT2D eigenvalue weighted by atomic mass is 10.0. The molecule has 2 heterocycles. The number of aliphatic imine (C=N–C) groups is 1. The van der Waals surface area contributed by atoms with Crippen LogP contribution >= 0.6 is 0 Å². The first-order chi connectivity index (χ1) is 17.2. The average Bonchev–Trinajstić information content (AvgIpc) is 3.30. The van der Waals surface area contributed by atoms with E-state index in [0.717, 1.165) is 51.9 Å². The second kappa shape index (κ2) is 10.9. The van der Waals surface area contributed by atoms with Gasteiger partial charge in [0.05, 0.1) is 25.5 Å². The fourth-order valence-corrected chi connectivity index (χ4v) is 3.99. The van der Waals surface area contributed by atoms with Crippen molar-refractivity contribution < 1.29 is 23.7 Å². The molecule has 1 atom stereocenters. The molecule has 3 aromatic carbocycles. The van der Waals surface area contributed by atoms with Crippen LogP contribution in [-0.2, 0) is 9.47 Å². The van der Waals surface area contributed by atoms with E-state index < -0.39 is 6.29 Å². The minimum absolute atomic E-state index is 0.348. The summed E-state index contributed by atoms with van der Waals surface area (Å²) in [5.41, 5.74) is 6.17. The van der Waals surface area contributed by atoms with Crippen LogP contribution in [0.2, 0.25) is 0 Å². The fraction of sp³-hybridized carbons (Fsp3) is 0.321. The van der Waals surface area contributed by atoms with Crippen LogP contribution in [0.1, 0.15) is 11.1 Å². The second-order valence-electron chi connectivity index (χ2n) is 8.51. The number of likely N-dealkylation sites (N-methyl/N-ethyl adjacent to an activating group) is 1. The molecule has 1 N–H and O–H groups in total. The fourth-order valence-electron chi connectivity index (χ4n) is 3.99. The first-order valence-corrected chi connectivity index (χ1v) is 11.9. The second-order valence-corrected chi connectivity index (χ2v) is 8.51. The summed E-state index contributed by atoms with van der Waals surface area (Å²) in [6.07, 6.45) is -0.448. The molecular weight excluding hydrogens is 444 g/mol. The van der Waals surface area contributed by atoms with Gasteiger partial charge in [0.15, 0.2) is 11.5 Å². The highest BCUT2D eigenvalue weighted by atomic mass is 16.7. The number of rotatable bonds is 10. The number of nitrogens with one attached hydrogen (secondary N) is 1. The monoisotopic (exact) mass is 474 g/mol. The zero-order valence-corrected chi connectivity index (χ0v) is 20.1. The molecule has 2 aliphatic rings. The van der Waals surface area contributed by atoms with Crippen LogP contribution < -0.4 is 19.5 Å². The van der Waals surface area contributed by atoms with Crippen molar-refractivity contribution in [2.45, 2.75) is 13.2 Å². The van der Waals surface area contributed by atoms with E-state index in [1.54, 1.807) is 0 Å². The third kappa shape index (κ3) is 5.65. The third-order valence-electron chi connectivity index (χ3n) is 5.87. The molecule has 0 fully saturated rings. The van der Waals surface area contributed by atoms with Crippen molar-refractivity contribution in [2.24, 2.45) is 4.99 Å². The summed E-state index contributed by atoms with van der Waals surface area (Å²) in [5.74, 6) is 2.28. The molecule has 2 aliphatic heterocycles. The highest BCUT2D eigenvalue weighted by Crippen LogP contribution is 2.38. The van der Waals surface area contributed by atoms with Gasteiger partial charge in [-0.05, 0) is 60.5 Å². The molecular formula is C28H30N2O5. The Hall–Kier alpha value is -3.39. The topological polar surface area (TPSA) is 70.5 Å². The molecule has 7 nitrogen and oxygen atoms in total. The lowest BCUT2D eigenvalue weighted by Crippen LogP contribution is -2.25. The number of fused-ring (bicyclic) bond motifs is 2. The zero-order valence-electron chi connectivity index (χ0n) is 20.1. The van der Waals surface area contributed by atoms with Gasteiger partial charge in [0.25, 0.3) is 6.29 Å². The van der Waals surface area contributed by atoms with Crippen molar-refractivity contribution in [3.05, 3.63) is 71.8 Å². The van der Waals surface area contributed by atoms with Crippen molar-refractivity contribution >= 4 is 11.4 Å². The molecule has 0 amide bonds. The van der Waals surface area contributed by atoms with Gasteiger partial charge in [-0.25, -0.2) is 4.99 Å². The van der Waals surface area contributed by atoms with Crippen LogP contribution in [0.5, 0.6) is 17.2 Å². The Morgan fingerprint density at radius 2 is 1.57 bits per heavy atom. The molecule has 0 bridgehead atoms. The van der Waals surface area contributed by atoms with E-state index in [0.29, 0.717) is 33.0 Å². The maximum Gasteiger partial charge on any atom is 0.264 e. The minimum atomic E-state index is -0.448. The van der Waals surface area contributed by atoms with Crippen molar-refractivity contribution in [1.82, 2.24) is 5.32 Å². The lowest BCUT2D eigenvalue weighted by molar-refractivity contribution is -0.0459. The number of ether oxygens (including phenoxy) is 5. The largest absolute Gasteiger partial charge is 0.485 e. The number of hydrogen-bond acceptors (Lipinski definition) is 7. The predicted octanol–water partition coefficient (Wildman–Crippen LogP) is 4.53. The van der Waals surface area contributed by atoms with E-state index in [4.69, 9.17) is 28.7 Å². The summed E-state index contributed by atoms with van der Waals surface area (Å²) in [6.45, 7) is 5.41. The van der Waals surface area contributed by atoms with Crippen LogP contribution in [0, 0.1) is 6.92 Å². The molecule has 0 saturated carbocycles. The number of hydrogen-bond donors (Lipinski definition) is 1. The van der Waals surface area contributed by atoms with Gasteiger partial charge in [0.1, 0.15) is 24.7 Å². The normalized spacial score (nSPS) is 15.9. The highest BCUT2D eigenvalue weighted by Gasteiger charge is 2.25. The van der Waals surface area contributed by atoms with Crippen molar-refractivity contribution in [2.75, 3.05) is 46.6 Å². The van der Waals surface area contributed by atoms with Crippen LogP contribution in [0.3, 0.4) is 0 Å². The summed E-state index contributed by atoms with van der Waals surface area (Å²) in [7, 11) is 1.90. The molecule has 0 spiro atoms. The predicted molar refractivity (Wildman–Crippen MR) is 135 cm³/mol. The number of benzene rings is 3.